The van der Waals surface area contributed by atoms with E-state index in [9.17, 15) is 9.59 Å². The molecule has 0 saturated carbocycles. The molecule has 9 heteroatoms. The summed E-state index contributed by atoms with van der Waals surface area (Å²) in [5.74, 6) is -0.511. The number of fused-ring (bicyclic) bond motifs is 1. The maximum absolute atomic E-state index is 15.2. The predicted octanol–water partition coefficient (Wildman–Crippen LogP) is 5.16. The highest BCUT2D eigenvalue weighted by Gasteiger charge is 2.40. The number of hydrogen-bond acceptors (Lipinski definition) is 5. The number of carbonyl (C=O) groups is 2. The van der Waals surface area contributed by atoms with E-state index in [-0.39, 0.29) is 24.0 Å². The quantitative estimate of drug-likeness (QED) is 0.451. The molecule has 2 heterocycles. The topological polar surface area (TPSA) is 76.5 Å². The summed E-state index contributed by atoms with van der Waals surface area (Å²) in [5, 5.41) is 4.56. The number of rotatable bonds is 6. The minimum atomic E-state index is -0.492. The Bertz CT molecular complexity index is 1330. The number of amides is 2. The van der Waals surface area contributed by atoms with Gasteiger partial charge in [0.1, 0.15) is 18.2 Å². The number of nitrogens with zero attached hydrogens (tertiary/aromatic N) is 3. The van der Waals surface area contributed by atoms with Gasteiger partial charge in [-0.15, -0.1) is 11.8 Å². The first-order valence-corrected chi connectivity index (χ1v) is 13.4. The lowest BCUT2D eigenvalue weighted by molar-refractivity contribution is -0.132. The van der Waals surface area contributed by atoms with Crippen LogP contribution in [0, 0.1) is 19.7 Å². The summed E-state index contributed by atoms with van der Waals surface area (Å²) < 4.78 is 16.9. The predicted molar refractivity (Wildman–Crippen MR) is 145 cm³/mol. The van der Waals surface area contributed by atoms with E-state index in [2.05, 4.69) is 5.48 Å². The number of aromatic nitrogens is 2. The second kappa shape index (κ2) is 10.7. The Balaban J connectivity index is 2.04. The molecule has 2 amide bonds. The maximum Gasteiger partial charge on any atom is 0.263 e. The van der Waals surface area contributed by atoms with Crippen molar-refractivity contribution in [2.45, 2.75) is 52.2 Å². The lowest BCUT2D eigenvalue weighted by Gasteiger charge is -2.25. The molecular formula is C28H33FN4O3S. The summed E-state index contributed by atoms with van der Waals surface area (Å²) in [4.78, 5) is 32.9. The van der Waals surface area contributed by atoms with E-state index in [0.717, 1.165) is 28.1 Å². The molecule has 2 aromatic carbocycles. The van der Waals surface area contributed by atoms with Crippen molar-refractivity contribution in [3.05, 3.63) is 76.2 Å². The first-order valence-electron chi connectivity index (χ1n) is 12.3. The standard InChI is InChI=1S/C28H33FN4O3S/c1-7-36-31-22(34)15-32-23(35)16-37-25(19-10-8-9-11-20(19)29)24-26(28(4,5)6)30-33(27(24)32)21-13-12-17(2)14-18(21)3/h8-14,25H,7,15-16H2,1-6H3,(H,31,34). The molecule has 0 saturated heterocycles. The van der Waals surface area contributed by atoms with Crippen LogP contribution < -0.4 is 10.4 Å². The van der Waals surface area contributed by atoms with Gasteiger partial charge < -0.3 is 0 Å². The second-order valence-corrected chi connectivity index (χ2v) is 11.3. The molecule has 1 unspecified atom stereocenters. The van der Waals surface area contributed by atoms with Crippen molar-refractivity contribution in [2.24, 2.45) is 0 Å². The fraction of sp³-hybridized carbons (Fsp3) is 0.393. The van der Waals surface area contributed by atoms with Gasteiger partial charge in [0.2, 0.25) is 5.91 Å². The molecule has 1 N–H and O–H groups in total. The van der Waals surface area contributed by atoms with Gasteiger partial charge in [-0.2, -0.15) is 5.10 Å². The molecule has 0 aliphatic carbocycles. The summed E-state index contributed by atoms with van der Waals surface area (Å²) in [6.07, 6.45) is 0. The summed E-state index contributed by atoms with van der Waals surface area (Å²) in [5.41, 5.74) is 6.78. The van der Waals surface area contributed by atoms with Crippen molar-refractivity contribution in [3.8, 4) is 5.69 Å². The van der Waals surface area contributed by atoms with Gasteiger partial charge in [-0.3, -0.25) is 19.3 Å². The lowest BCUT2D eigenvalue weighted by Crippen LogP contribution is -2.42. The molecule has 0 spiro atoms. The highest BCUT2D eigenvalue weighted by atomic mass is 32.2. The molecule has 1 aromatic heterocycles. The molecule has 0 fully saturated rings. The largest absolute Gasteiger partial charge is 0.286 e. The third kappa shape index (κ3) is 5.43. The second-order valence-electron chi connectivity index (χ2n) is 10.2. The van der Waals surface area contributed by atoms with Gasteiger partial charge in [0.05, 0.1) is 29.0 Å². The van der Waals surface area contributed by atoms with Crippen molar-refractivity contribution in [1.29, 1.82) is 0 Å². The smallest absolute Gasteiger partial charge is 0.263 e. The fourth-order valence-corrected chi connectivity index (χ4v) is 5.77. The first kappa shape index (κ1) is 26.9. The third-order valence-electron chi connectivity index (χ3n) is 6.20. The number of carbonyl (C=O) groups excluding carboxylic acids is 2. The van der Waals surface area contributed by atoms with Crippen LogP contribution in [0.5, 0.6) is 0 Å². The summed E-state index contributed by atoms with van der Waals surface area (Å²) >= 11 is 1.35. The van der Waals surface area contributed by atoms with E-state index in [4.69, 9.17) is 9.94 Å². The molecule has 0 bridgehead atoms. The van der Waals surface area contributed by atoms with Crippen LogP contribution in [0.2, 0.25) is 0 Å². The number of hydrogen-bond donors (Lipinski definition) is 1. The van der Waals surface area contributed by atoms with Gasteiger partial charge in [-0.1, -0.05) is 56.7 Å². The van der Waals surface area contributed by atoms with E-state index in [1.165, 1.54) is 22.7 Å². The third-order valence-corrected chi connectivity index (χ3v) is 7.44. The average Bonchev–Trinajstić information content (AvgIpc) is 3.16. The Labute approximate surface area is 221 Å². The number of aryl methyl sites for hydroxylation is 2. The summed E-state index contributed by atoms with van der Waals surface area (Å²) in [6.45, 7) is 11.9. The number of thioether (sulfide) groups is 1. The molecular weight excluding hydrogens is 491 g/mol. The zero-order chi connectivity index (χ0) is 26.9. The number of anilines is 1. The maximum atomic E-state index is 15.2. The van der Waals surface area contributed by atoms with Crippen LogP contribution >= 0.6 is 11.8 Å². The van der Waals surface area contributed by atoms with Crippen molar-refractivity contribution >= 4 is 29.4 Å². The monoisotopic (exact) mass is 524 g/mol. The number of nitrogens with one attached hydrogen (secondary N) is 1. The number of benzene rings is 2. The van der Waals surface area contributed by atoms with Gasteiger partial charge in [0.15, 0.2) is 0 Å². The van der Waals surface area contributed by atoms with E-state index in [0.29, 0.717) is 18.0 Å². The minimum Gasteiger partial charge on any atom is -0.286 e. The zero-order valence-corrected chi connectivity index (χ0v) is 22.9. The van der Waals surface area contributed by atoms with Crippen molar-refractivity contribution < 1.29 is 18.8 Å². The van der Waals surface area contributed by atoms with Crippen LogP contribution in [0.3, 0.4) is 0 Å². The Hall–Kier alpha value is -3.17. The lowest BCUT2D eigenvalue weighted by atomic mass is 9.87. The van der Waals surface area contributed by atoms with Crippen LogP contribution in [0.1, 0.15) is 60.9 Å². The van der Waals surface area contributed by atoms with Gasteiger partial charge in [0.25, 0.3) is 5.91 Å². The molecule has 196 valence electrons. The van der Waals surface area contributed by atoms with E-state index in [1.807, 2.05) is 52.8 Å². The molecule has 3 aromatic rings. The van der Waals surface area contributed by atoms with E-state index < -0.39 is 16.6 Å². The highest BCUT2D eigenvalue weighted by molar-refractivity contribution is 8.00. The van der Waals surface area contributed by atoms with Gasteiger partial charge in [-0.05, 0) is 38.5 Å². The SMILES string of the molecule is CCONC(=O)CN1C(=O)CSC(c2ccccc2F)c2c(C(C)(C)C)nn(-c3ccc(C)cc3C)c21. The Kier molecular flexibility index (Phi) is 7.75. The molecule has 1 atom stereocenters. The molecule has 0 radical (unpaired) electrons. The van der Waals surface area contributed by atoms with Gasteiger partial charge >= 0.3 is 0 Å². The average molecular weight is 525 g/mol. The molecule has 1 aliphatic heterocycles. The van der Waals surface area contributed by atoms with Crippen molar-refractivity contribution in [1.82, 2.24) is 15.3 Å². The van der Waals surface area contributed by atoms with Crippen molar-refractivity contribution in [2.75, 3.05) is 23.8 Å². The first-order chi connectivity index (χ1) is 17.5. The molecule has 7 nitrogen and oxygen atoms in total. The van der Waals surface area contributed by atoms with Gasteiger partial charge in [0, 0.05) is 16.5 Å². The van der Waals surface area contributed by atoms with Crippen LogP contribution in [-0.2, 0) is 19.8 Å². The normalized spacial score (nSPS) is 15.9. The summed E-state index contributed by atoms with van der Waals surface area (Å²) in [7, 11) is 0. The summed E-state index contributed by atoms with van der Waals surface area (Å²) in [6, 6.07) is 12.6. The highest BCUT2D eigenvalue weighted by Crippen LogP contribution is 2.49. The zero-order valence-electron chi connectivity index (χ0n) is 22.1. The van der Waals surface area contributed by atoms with E-state index >= 15 is 4.39 Å². The fourth-order valence-electron chi connectivity index (χ4n) is 4.55. The van der Waals surface area contributed by atoms with Crippen LogP contribution in [0.4, 0.5) is 10.2 Å². The molecule has 4 rings (SSSR count). The number of halogens is 1. The van der Waals surface area contributed by atoms with Crippen LogP contribution in [0.15, 0.2) is 42.5 Å². The Morgan fingerprint density at radius 1 is 1.22 bits per heavy atom. The van der Waals surface area contributed by atoms with Crippen LogP contribution in [0.25, 0.3) is 5.69 Å². The van der Waals surface area contributed by atoms with Gasteiger partial charge in [-0.25, -0.2) is 14.6 Å². The molecule has 1 aliphatic rings. The Morgan fingerprint density at radius 2 is 1.95 bits per heavy atom. The van der Waals surface area contributed by atoms with Crippen LogP contribution in [-0.4, -0.2) is 40.5 Å². The van der Waals surface area contributed by atoms with E-state index in [1.54, 1.807) is 29.8 Å². The number of hydroxylamine groups is 1. The molecule has 37 heavy (non-hydrogen) atoms. The van der Waals surface area contributed by atoms with Crippen molar-refractivity contribution in [3.63, 3.8) is 0 Å². The Morgan fingerprint density at radius 3 is 2.59 bits per heavy atom. The minimum absolute atomic E-state index is 0.0755.